The first-order valence-electron chi connectivity index (χ1n) is 7.62. The van der Waals surface area contributed by atoms with Gasteiger partial charge in [-0.2, -0.15) is 0 Å². The number of aliphatic carboxylic acids is 1. The Labute approximate surface area is 134 Å². The summed E-state index contributed by atoms with van der Waals surface area (Å²) in [6.07, 6.45) is 2.49. The van der Waals surface area contributed by atoms with E-state index in [1.807, 2.05) is 0 Å². The molecular weight excluding hydrogens is 298 g/mol. The highest BCUT2D eigenvalue weighted by atomic mass is 16.4. The molecule has 2 rings (SSSR count). The molecule has 0 saturated heterocycles. The van der Waals surface area contributed by atoms with Crippen molar-refractivity contribution in [2.24, 2.45) is 5.92 Å². The Morgan fingerprint density at radius 3 is 2.22 bits per heavy atom. The Morgan fingerprint density at radius 2 is 1.65 bits per heavy atom. The van der Waals surface area contributed by atoms with Crippen molar-refractivity contribution in [2.45, 2.75) is 38.6 Å². The number of amides is 3. The molecule has 1 aromatic rings. The Bertz CT molecular complexity index is 595. The fraction of sp³-hybridized carbons (Fsp3) is 0.438. The van der Waals surface area contributed by atoms with Gasteiger partial charge in [0.25, 0.3) is 0 Å². The number of anilines is 2. The predicted molar refractivity (Wildman–Crippen MR) is 86.3 cm³/mol. The first kappa shape index (κ1) is 16.8. The molecule has 1 saturated carbocycles. The zero-order valence-corrected chi connectivity index (χ0v) is 13.0. The van der Waals surface area contributed by atoms with Gasteiger partial charge in [0.2, 0.25) is 5.91 Å². The fourth-order valence-corrected chi connectivity index (χ4v) is 2.72. The van der Waals surface area contributed by atoms with Gasteiger partial charge in [0.1, 0.15) is 0 Å². The van der Waals surface area contributed by atoms with Crippen LogP contribution in [0.4, 0.5) is 16.2 Å². The third kappa shape index (κ3) is 5.28. The van der Waals surface area contributed by atoms with Crippen LogP contribution < -0.4 is 16.0 Å². The molecule has 7 nitrogen and oxygen atoms in total. The molecule has 1 aliphatic rings. The van der Waals surface area contributed by atoms with Crippen molar-refractivity contribution in [3.8, 4) is 0 Å². The van der Waals surface area contributed by atoms with Gasteiger partial charge in [0.15, 0.2) is 0 Å². The van der Waals surface area contributed by atoms with Crippen LogP contribution in [0.1, 0.15) is 32.6 Å². The number of carbonyl (C=O) groups is 3. The van der Waals surface area contributed by atoms with Crippen LogP contribution >= 0.6 is 0 Å². The van der Waals surface area contributed by atoms with Crippen LogP contribution in [0.5, 0.6) is 0 Å². The lowest BCUT2D eigenvalue weighted by Crippen LogP contribution is -2.40. The molecular formula is C16H21N3O4. The highest BCUT2D eigenvalue weighted by Gasteiger charge is 2.26. The molecule has 0 unspecified atom stereocenters. The summed E-state index contributed by atoms with van der Waals surface area (Å²) in [5.74, 6) is -1.24. The molecule has 3 amide bonds. The van der Waals surface area contributed by atoms with Crippen molar-refractivity contribution < 1.29 is 19.5 Å². The van der Waals surface area contributed by atoms with Crippen LogP contribution in [0, 0.1) is 5.92 Å². The molecule has 0 aliphatic heterocycles. The summed E-state index contributed by atoms with van der Waals surface area (Å²) in [5.41, 5.74) is 1.19. The van der Waals surface area contributed by atoms with Crippen molar-refractivity contribution in [3.05, 3.63) is 24.3 Å². The first-order valence-corrected chi connectivity index (χ1v) is 7.62. The van der Waals surface area contributed by atoms with Gasteiger partial charge in [-0.15, -0.1) is 0 Å². The molecule has 0 aromatic heterocycles. The molecule has 7 heteroatoms. The van der Waals surface area contributed by atoms with E-state index in [2.05, 4.69) is 16.0 Å². The quantitative estimate of drug-likeness (QED) is 0.683. The van der Waals surface area contributed by atoms with E-state index in [4.69, 9.17) is 5.11 Å². The third-order valence-electron chi connectivity index (χ3n) is 3.85. The van der Waals surface area contributed by atoms with Crippen LogP contribution in [-0.2, 0) is 9.59 Å². The van der Waals surface area contributed by atoms with E-state index in [-0.39, 0.29) is 23.9 Å². The monoisotopic (exact) mass is 319 g/mol. The lowest BCUT2D eigenvalue weighted by molar-refractivity contribution is -0.142. The minimum atomic E-state index is -0.761. The number of hydrogen-bond acceptors (Lipinski definition) is 3. The minimum Gasteiger partial charge on any atom is -0.481 e. The van der Waals surface area contributed by atoms with E-state index in [1.165, 1.54) is 6.92 Å². The summed E-state index contributed by atoms with van der Waals surface area (Å²) in [6.45, 7) is 1.42. The summed E-state index contributed by atoms with van der Waals surface area (Å²) < 4.78 is 0. The number of hydrogen-bond donors (Lipinski definition) is 4. The van der Waals surface area contributed by atoms with Crippen LogP contribution in [0.25, 0.3) is 0 Å². The normalized spacial score (nSPS) is 20.4. The van der Waals surface area contributed by atoms with Crippen molar-refractivity contribution in [1.29, 1.82) is 0 Å². The Hall–Kier alpha value is -2.57. The van der Waals surface area contributed by atoms with E-state index in [0.29, 0.717) is 37.1 Å². The molecule has 0 radical (unpaired) electrons. The maximum Gasteiger partial charge on any atom is 0.319 e. The van der Waals surface area contributed by atoms with Gasteiger partial charge in [0.05, 0.1) is 5.92 Å². The van der Waals surface area contributed by atoms with Crippen LogP contribution in [0.15, 0.2) is 24.3 Å². The van der Waals surface area contributed by atoms with Gasteiger partial charge in [-0.25, -0.2) is 4.79 Å². The molecule has 4 N–H and O–H groups in total. The average Bonchev–Trinajstić information content (AvgIpc) is 2.47. The van der Waals surface area contributed by atoms with Gasteiger partial charge in [-0.1, -0.05) is 6.07 Å². The standard InChI is InChI=1S/C16H21N3O4/c1-10(20)17-13-3-2-4-14(9-13)19-16(23)18-12-7-5-11(6-8-12)15(21)22/h2-4,9,11-12H,5-8H2,1H3,(H,17,20)(H,21,22)(H2,18,19,23). The zero-order chi connectivity index (χ0) is 16.8. The van der Waals surface area contributed by atoms with Crippen molar-refractivity contribution in [3.63, 3.8) is 0 Å². The van der Waals surface area contributed by atoms with Crippen LogP contribution in [0.2, 0.25) is 0 Å². The maximum atomic E-state index is 12.0. The van der Waals surface area contributed by atoms with E-state index >= 15 is 0 Å². The van der Waals surface area contributed by atoms with Crippen molar-refractivity contribution in [2.75, 3.05) is 10.6 Å². The molecule has 23 heavy (non-hydrogen) atoms. The minimum absolute atomic E-state index is 0.0101. The summed E-state index contributed by atoms with van der Waals surface area (Å²) in [6, 6.07) is 6.53. The van der Waals surface area contributed by atoms with E-state index < -0.39 is 5.97 Å². The second-order valence-corrected chi connectivity index (χ2v) is 5.75. The molecule has 1 fully saturated rings. The molecule has 0 spiro atoms. The zero-order valence-electron chi connectivity index (χ0n) is 13.0. The Kier molecular flexibility index (Phi) is 5.56. The molecule has 124 valence electrons. The van der Waals surface area contributed by atoms with Crippen molar-refractivity contribution in [1.82, 2.24) is 5.32 Å². The molecule has 0 heterocycles. The highest BCUT2D eigenvalue weighted by molar-refractivity contribution is 5.92. The van der Waals surface area contributed by atoms with Gasteiger partial charge in [-0.05, 0) is 43.9 Å². The average molecular weight is 319 g/mol. The number of nitrogens with one attached hydrogen (secondary N) is 3. The number of carboxylic acid groups (broad SMARTS) is 1. The molecule has 1 aromatic carbocycles. The largest absolute Gasteiger partial charge is 0.481 e. The first-order chi connectivity index (χ1) is 10.9. The highest BCUT2D eigenvalue weighted by Crippen LogP contribution is 2.24. The lowest BCUT2D eigenvalue weighted by Gasteiger charge is -2.26. The lowest BCUT2D eigenvalue weighted by atomic mass is 9.86. The van der Waals surface area contributed by atoms with Crippen molar-refractivity contribution >= 4 is 29.3 Å². The second kappa shape index (κ2) is 7.62. The predicted octanol–water partition coefficient (Wildman–Crippen LogP) is 2.41. The summed E-state index contributed by atoms with van der Waals surface area (Å²) in [4.78, 5) is 33.9. The SMILES string of the molecule is CC(=O)Nc1cccc(NC(=O)NC2CCC(C(=O)O)CC2)c1. The van der Waals surface area contributed by atoms with Gasteiger partial charge < -0.3 is 21.1 Å². The van der Waals surface area contributed by atoms with E-state index in [1.54, 1.807) is 24.3 Å². The number of carboxylic acids is 1. The van der Waals surface area contributed by atoms with Gasteiger partial charge in [0, 0.05) is 24.3 Å². The van der Waals surface area contributed by atoms with E-state index in [0.717, 1.165) is 0 Å². The number of benzene rings is 1. The van der Waals surface area contributed by atoms with Gasteiger partial charge in [-0.3, -0.25) is 9.59 Å². The molecule has 1 aliphatic carbocycles. The smallest absolute Gasteiger partial charge is 0.319 e. The molecule has 0 atom stereocenters. The van der Waals surface area contributed by atoms with Crippen LogP contribution in [0.3, 0.4) is 0 Å². The van der Waals surface area contributed by atoms with Gasteiger partial charge >= 0.3 is 12.0 Å². The Morgan fingerprint density at radius 1 is 1.04 bits per heavy atom. The third-order valence-corrected chi connectivity index (χ3v) is 3.85. The molecule has 0 bridgehead atoms. The Balaban J connectivity index is 1.83. The number of rotatable bonds is 4. The summed E-state index contributed by atoms with van der Waals surface area (Å²) >= 11 is 0. The summed E-state index contributed by atoms with van der Waals surface area (Å²) in [5, 5.41) is 17.2. The van der Waals surface area contributed by atoms with Crippen LogP contribution in [-0.4, -0.2) is 29.1 Å². The summed E-state index contributed by atoms with van der Waals surface area (Å²) in [7, 11) is 0. The maximum absolute atomic E-state index is 12.0. The number of urea groups is 1. The van der Waals surface area contributed by atoms with E-state index in [9.17, 15) is 14.4 Å². The fourth-order valence-electron chi connectivity index (χ4n) is 2.72. The second-order valence-electron chi connectivity index (χ2n) is 5.75. The topological polar surface area (TPSA) is 108 Å². The number of carbonyl (C=O) groups excluding carboxylic acids is 2.